The van der Waals surface area contributed by atoms with Crippen LogP contribution in [0, 0.1) is 0 Å². The van der Waals surface area contributed by atoms with Crippen LogP contribution < -0.4 is 11.1 Å². The molecule has 0 spiro atoms. The van der Waals surface area contributed by atoms with Gasteiger partial charge in [-0.2, -0.15) is 0 Å². The monoisotopic (exact) mass is 337 g/mol. The van der Waals surface area contributed by atoms with Crippen LogP contribution in [0.15, 0.2) is 48.5 Å². The lowest BCUT2D eigenvalue weighted by molar-refractivity contribution is 0.0946. The van der Waals surface area contributed by atoms with Crippen LogP contribution in [0.4, 0.5) is 0 Å². The van der Waals surface area contributed by atoms with Crippen LogP contribution in [-0.4, -0.2) is 29.1 Å². The maximum absolute atomic E-state index is 12.7. The summed E-state index contributed by atoms with van der Waals surface area (Å²) in [6.45, 7) is 1.05. The van der Waals surface area contributed by atoms with Crippen LogP contribution in [-0.2, 0) is 19.4 Å². The largest absolute Gasteiger partial charge is 0.396 e. The average molecular weight is 337 g/mol. The molecule has 0 aliphatic carbocycles. The van der Waals surface area contributed by atoms with Gasteiger partial charge in [0, 0.05) is 24.1 Å². The molecule has 0 atom stereocenters. The minimum absolute atomic E-state index is 0.104. The van der Waals surface area contributed by atoms with E-state index >= 15 is 0 Å². The molecule has 1 aromatic heterocycles. The number of aromatic nitrogens is 1. The predicted molar refractivity (Wildman–Crippen MR) is 99.5 cm³/mol. The normalized spacial score (nSPS) is 11.0. The Morgan fingerprint density at radius 3 is 2.60 bits per heavy atom. The van der Waals surface area contributed by atoms with Crippen molar-refractivity contribution in [3.63, 3.8) is 0 Å². The number of benzene rings is 2. The number of H-pyrrole nitrogens is 1. The Hall–Kier alpha value is -2.63. The molecule has 5 nitrogen and oxygen atoms in total. The van der Waals surface area contributed by atoms with Crippen LogP contribution in [0.25, 0.3) is 10.9 Å². The van der Waals surface area contributed by atoms with Gasteiger partial charge in [-0.1, -0.05) is 36.4 Å². The maximum atomic E-state index is 12.7. The number of carbonyl (C=O) groups excluding carboxylic acids is 1. The van der Waals surface area contributed by atoms with Gasteiger partial charge in [0.05, 0.1) is 0 Å². The molecule has 0 fully saturated rings. The molecule has 0 unspecified atom stereocenters. The van der Waals surface area contributed by atoms with Gasteiger partial charge in [-0.15, -0.1) is 0 Å². The van der Waals surface area contributed by atoms with Crippen molar-refractivity contribution >= 4 is 16.8 Å². The van der Waals surface area contributed by atoms with Gasteiger partial charge in [0.15, 0.2) is 0 Å². The molecule has 0 saturated carbocycles. The van der Waals surface area contributed by atoms with E-state index in [1.807, 2.05) is 48.5 Å². The quantitative estimate of drug-likeness (QED) is 0.532. The molecule has 0 aliphatic heterocycles. The number of aromatic amines is 1. The highest BCUT2D eigenvalue weighted by atomic mass is 16.3. The van der Waals surface area contributed by atoms with Crippen molar-refractivity contribution in [3.8, 4) is 0 Å². The summed E-state index contributed by atoms with van der Waals surface area (Å²) >= 11 is 0. The van der Waals surface area contributed by atoms with Crippen molar-refractivity contribution in [1.82, 2.24) is 10.3 Å². The SMILES string of the molecule is NCCc1c(C(=O)NCc2ccccc2)[nH]c2ccc(CCO)cc12. The molecule has 3 aromatic rings. The number of nitrogens with one attached hydrogen (secondary N) is 2. The second kappa shape index (κ2) is 7.96. The lowest BCUT2D eigenvalue weighted by atomic mass is 10.0. The van der Waals surface area contributed by atoms with Gasteiger partial charge in [0.2, 0.25) is 0 Å². The molecule has 1 heterocycles. The third-order valence-electron chi connectivity index (χ3n) is 4.29. The fraction of sp³-hybridized carbons (Fsp3) is 0.250. The summed E-state index contributed by atoms with van der Waals surface area (Å²) in [5.41, 5.74) is 10.3. The van der Waals surface area contributed by atoms with Crippen molar-refractivity contribution in [1.29, 1.82) is 0 Å². The Kier molecular flexibility index (Phi) is 5.48. The number of aliphatic hydroxyl groups is 1. The molecule has 25 heavy (non-hydrogen) atoms. The highest BCUT2D eigenvalue weighted by Gasteiger charge is 2.17. The fourth-order valence-corrected chi connectivity index (χ4v) is 3.04. The van der Waals surface area contributed by atoms with E-state index in [-0.39, 0.29) is 12.5 Å². The molecule has 0 aliphatic rings. The van der Waals surface area contributed by atoms with E-state index < -0.39 is 0 Å². The zero-order valence-electron chi connectivity index (χ0n) is 14.1. The molecular formula is C20H23N3O2. The Balaban J connectivity index is 1.88. The number of rotatable bonds is 7. The third kappa shape index (κ3) is 3.90. The van der Waals surface area contributed by atoms with Crippen molar-refractivity contribution in [2.24, 2.45) is 5.73 Å². The van der Waals surface area contributed by atoms with Crippen LogP contribution in [0.3, 0.4) is 0 Å². The second-order valence-corrected chi connectivity index (χ2v) is 6.04. The number of hydrogen-bond donors (Lipinski definition) is 4. The summed E-state index contributed by atoms with van der Waals surface area (Å²) in [7, 11) is 0. The minimum atomic E-state index is -0.132. The van der Waals surface area contributed by atoms with Crippen LogP contribution in [0.2, 0.25) is 0 Å². The van der Waals surface area contributed by atoms with E-state index in [0.29, 0.717) is 31.6 Å². The standard InChI is InChI=1S/C20H23N3O2/c21-10-8-16-17-12-14(9-11-24)6-7-18(17)23-19(16)20(25)22-13-15-4-2-1-3-5-15/h1-7,12,23-24H,8-11,13,21H2,(H,22,25). The molecular weight excluding hydrogens is 314 g/mol. The Labute approximate surface area is 146 Å². The summed E-state index contributed by atoms with van der Waals surface area (Å²) in [6.07, 6.45) is 1.22. The second-order valence-electron chi connectivity index (χ2n) is 6.04. The topological polar surface area (TPSA) is 91.1 Å². The van der Waals surface area contributed by atoms with E-state index in [1.165, 1.54) is 0 Å². The van der Waals surface area contributed by atoms with Gasteiger partial charge in [0.1, 0.15) is 5.69 Å². The van der Waals surface area contributed by atoms with E-state index in [4.69, 9.17) is 10.8 Å². The number of aliphatic hydroxyl groups excluding tert-OH is 1. The first-order chi connectivity index (χ1) is 12.2. The van der Waals surface area contributed by atoms with Crippen molar-refractivity contribution in [3.05, 3.63) is 70.9 Å². The highest BCUT2D eigenvalue weighted by Crippen LogP contribution is 2.24. The smallest absolute Gasteiger partial charge is 0.268 e. The molecule has 0 radical (unpaired) electrons. The zero-order valence-corrected chi connectivity index (χ0v) is 14.1. The highest BCUT2D eigenvalue weighted by molar-refractivity contribution is 6.01. The van der Waals surface area contributed by atoms with E-state index in [0.717, 1.165) is 27.6 Å². The molecule has 0 bridgehead atoms. The van der Waals surface area contributed by atoms with Gasteiger partial charge in [-0.25, -0.2) is 0 Å². The maximum Gasteiger partial charge on any atom is 0.268 e. The van der Waals surface area contributed by atoms with Crippen molar-refractivity contribution in [2.75, 3.05) is 13.2 Å². The predicted octanol–water partition coefficient (Wildman–Crippen LogP) is 2.13. The summed E-state index contributed by atoms with van der Waals surface area (Å²) in [5, 5.41) is 13.1. The van der Waals surface area contributed by atoms with Crippen LogP contribution >= 0.6 is 0 Å². The summed E-state index contributed by atoms with van der Waals surface area (Å²) < 4.78 is 0. The summed E-state index contributed by atoms with van der Waals surface area (Å²) in [6, 6.07) is 15.8. The third-order valence-corrected chi connectivity index (χ3v) is 4.29. The van der Waals surface area contributed by atoms with Gasteiger partial charge in [-0.05, 0) is 48.2 Å². The fourth-order valence-electron chi connectivity index (χ4n) is 3.04. The lowest BCUT2D eigenvalue weighted by Crippen LogP contribution is -2.24. The molecule has 3 rings (SSSR count). The summed E-state index contributed by atoms with van der Waals surface area (Å²) in [4.78, 5) is 15.9. The average Bonchev–Trinajstić information content (AvgIpc) is 2.99. The number of nitrogens with two attached hydrogens (primary N) is 1. The van der Waals surface area contributed by atoms with Gasteiger partial charge in [-0.3, -0.25) is 4.79 Å². The first-order valence-electron chi connectivity index (χ1n) is 8.49. The van der Waals surface area contributed by atoms with Crippen LogP contribution in [0.5, 0.6) is 0 Å². The molecule has 5 N–H and O–H groups in total. The minimum Gasteiger partial charge on any atom is -0.396 e. The Morgan fingerprint density at radius 1 is 1.08 bits per heavy atom. The molecule has 0 saturated heterocycles. The van der Waals surface area contributed by atoms with E-state index in [2.05, 4.69) is 10.3 Å². The van der Waals surface area contributed by atoms with E-state index in [9.17, 15) is 4.79 Å². The Morgan fingerprint density at radius 2 is 1.88 bits per heavy atom. The van der Waals surface area contributed by atoms with Gasteiger partial charge >= 0.3 is 0 Å². The van der Waals surface area contributed by atoms with Gasteiger partial charge < -0.3 is 21.1 Å². The molecule has 5 heteroatoms. The number of fused-ring (bicyclic) bond motifs is 1. The van der Waals surface area contributed by atoms with Crippen molar-refractivity contribution < 1.29 is 9.90 Å². The lowest BCUT2D eigenvalue weighted by Gasteiger charge is -2.06. The Bertz CT molecular complexity index is 856. The summed E-state index contributed by atoms with van der Waals surface area (Å²) in [5.74, 6) is -0.132. The molecule has 1 amide bonds. The molecule has 130 valence electrons. The first kappa shape index (κ1) is 17.2. The molecule has 2 aromatic carbocycles. The number of hydrogen-bond acceptors (Lipinski definition) is 3. The van der Waals surface area contributed by atoms with Crippen molar-refractivity contribution in [2.45, 2.75) is 19.4 Å². The van der Waals surface area contributed by atoms with Gasteiger partial charge in [0.25, 0.3) is 5.91 Å². The first-order valence-corrected chi connectivity index (χ1v) is 8.49. The van der Waals surface area contributed by atoms with E-state index in [1.54, 1.807) is 0 Å². The van der Waals surface area contributed by atoms with Crippen LogP contribution in [0.1, 0.15) is 27.2 Å². The number of carbonyl (C=O) groups is 1. The number of amides is 1. The zero-order chi connectivity index (χ0) is 17.6.